The summed E-state index contributed by atoms with van der Waals surface area (Å²) in [4.78, 5) is 0. The van der Waals surface area contributed by atoms with Crippen LogP contribution >= 0.6 is 0 Å². The van der Waals surface area contributed by atoms with E-state index in [1.807, 2.05) is 48.5 Å². The Labute approximate surface area is 495 Å². The van der Waals surface area contributed by atoms with Gasteiger partial charge >= 0.3 is 12.4 Å². The van der Waals surface area contributed by atoms with E-state index in [4.69, 9.17) is 12.3 Å². The standard InChI is InChI=1S/C14H26.C11H20.C7H14.2C6H11F3.C6H12.C6H14.3C5H12/c1-12-4-6-14(7-5-12)10-8-13(2,3)9-11-14;1-10-4-8-11(9-5-10)6-2-3-7-11;1-7-5-3-2-4-6-7;2*1-3-5(2)4-6(7,8)9;1-6-4-2-3-5-6;1-5-6(2,3)4;2*1-5(2,3)4;1-4-5(2)3/h12H,4-11H2,1-3H3;10H,2-9H2,1H3;7H,2-6H2,1H3;2*5H,3-4H2,1-2H3;6H,2-5H2,1H3;5H2,1-4H3;2*1-4H3;5H,4H2,1-3H3/i;;7D;;;6D;5D2;1D3;;4D2. The zero-order valence-electron chi connectivity index (χ0n) is 65.2. The highest BCUT2D eigenvalue weighted by atomic mass is 19.4. The Kier molecular flexibility index (Phi) is 36.2. The molecule has 0 nitrogen and oxygen atoms in total. The maximum absolute atomic E-state index is 11.5. The van der Waals surface area contributed by atoms with E-state index in [0.29, 0.717) is 23.7 Å². The second-order valence-electron chi connectivity index (χ2n) is 30.3. The minimum absolute atomic E-state index is 0.0556. The molecule has 6 heteroatoms. The van der Waals surface area contributed by atoms with E-state index in [2.05, 4.69) is 55.4 Å². The summed E-state index contributed by atoms with van der Waals surface area (Å²) in [6.45, 7) is 45.3. The third kappa shape index (κ3) is 63.0. The van der Waals surface area contributed by atoms with Crippen molar-refractivity contribution in [3.63, 3.8) is 0 Å². The molecule has 6 rings (SSSR count). The van der Waals surface area contributed by atoms with Crippen LogP contribution in [-0.2, 0) is 0 Å². The normalized spacial score (nSPS) is 24.4. The van der Waals surface area contributed by atoms with Gasteiger partial charge in [-0.05, 0) is 138 Å². The minimum atomic E-state index is -3.98. The highest BCUT2D eigenvalue weighted by Crippen LogP contribution is 2.53. The SMILES string of the molecule is CC(C)(C)C.CC1CCC2(CC1)CCC(C)(C)CC2.CC1CCC2(CCCC2)CC1.CCC(C)CC(F)(F)F.CCC(C)CC(F)(F)F.[2H]C([2H])(C)C(C)(C)C.[2H]C([2H])(C)C(C)C.[2H]C([2H])([2H])C(C)(C)C.[2H]C1(C)CCCC1.[2H]C1(C)CCCCC1. The summed E-state index contributed by atoms with van der Waals surface area (Å²) >= 11 is 0. The van der Waals surface area contributed by atoms with Gasteiger partial charge in [0.1, 0.15) is 0 Å². The van der Waals surface area contributed by atoms with Crippen molar-refractivity contribution in [3.8, 4) is 0 Å². The van der Waals surface area contributed by atoms with Gasteiger partial charge in [-0.3, -0.25) is 0 Å². The third-order valence-electron chi connectivity index (χ3n) is 16.0. The maximum atomic E-state index is 11.5. The molecule has 0 bridgehead atoms. The average Bonchev–Trinajstić information content (AvgIpc) is 4.11. The first-order valence-electron chi connectivity index (χ1n) is 36.2. The summed E-state index contributed by atoms with van der Waals surface area (Å²) < 4.78 is 133. The van der Waals surface area contributed by atoms with Gasteiger partial charge in [0.25, 0.3) is 0 Å². The molecule has 470 valence electrons. The van der Waals surface area contributed by atoms with Crippen molar-refractivity contribution in [1.82, 2.24) is 0 Å². The quantitative estimate of drug-likeness (QED) is 0.241. The smallest absolute Gasteiger partial charge is 0.171 e. The van der Waals surface area contributed by atoms with Crippen molar-refractivity contribution in [2.45, 2.75) is 384 Å². The van der Waals surface area contributed by atoms with Crippen molar-refractivity contribution in [3.05, 3.63) is 0 Å². The fourth-order valence-electron chi connectivity index (χ4n) is 9.54. The highest BCUT2D eigenvalue weighted by molar-refractivity contribution is 4.92. The van der Waals surface area contributed by atoms with Gasteiger partial charge in [-0.1, -0.05) is 295 Å². The first kappa shape index (κ1) is 65.7. The molecule has 2 unspecified atom stereocenters. The minimum Gasteiger partial charge on any atom is -0.171 e. The summed E-state index contributed by atoms with van der Waals surface area (Å²) in [7, 11) is 0. The van der Waals surface area contributed by atoms with Crippen LogP contribution in [0.15, 0.2) is 0 Å². The average molecular weight is 1120 g/mol. The van der Waals surface area contributed by atoms with E-state index < -0.39 is 50.2 Å². The summed E-state index contributed by atoms with van der Waals surface area (Å²) in [5, 5.41) is 0. The monoisotopic (exact) mass is 1120 g/mol. The molecule has 0 aromatic rings. The van der Waals surface area contributed by atoms with E-state index in [1.165, 1.54) is 109 Å². The Morgan fingerprint density at radius 3 is 0.896 bits per heavy atom. The summed E-state index contributed by atoms with van der Waals surface area (Å²) in [5.74, 6) is 1.58. The molecule has 0 radical (unpaired) electrons. The lowest BCUT2D eigenvalue weighted by atomic mass is 9.59. The maximum Gasteiger partial charge on any atom is 0.389 e. The Morgan fingerprint density at radius 1 is 0.455 bits per heavy atom. The van der Waals surface area contributed by atoms with Gasteiger partial charge < -0.3 is 0 Å². The zero-order chi connectivity index (χ0) is 68.9. The van der Waals surface area contributed by atoms with Crippen LogP contribution in [0.4, 0.5) is 26.3 Å². The zero-order valence-corrected chi connectivity index (χ0v) is 56.2. The van der Waals surface area contributed by atoms with Crippen LogP contribution in [0.5, 0.6) is 0 Å². The van der Waals surface area contributed by atoms with E-state index in [1.54, 1.807) is 88.0 Å². The van der Waals surface area contributed by atoms with Gasteiger partial charge in [0.05, 0.1) is 0 Å². The summed E-state index contributed by atoms with van der Waals surface area (Å²) in [6.07, 6.45) is 25.2. The number of rotatable bonds is 5. The first-order chi connectivity index (χ1) is 38.1. The molecule has 2 spiro atoms. The summed E-state index contributed by atoms with van der Waals surface area (Å²) in [6, 6.07) is 0. The van der Waals surface area contributed by atoms with Crippen molar-refractivity contribution < 1.29 is 38.7 Å². The molecule has 6 aliphatic carbocycles. The molecule has 0 N–H and O–H groups in total. The van der Waals surface area contributed by atoms with Crippen LogP contribution < -0.4 is 0 Å². The lowest BCUT2D eigenvalue weighted by molar-refractivity contribution is -0.144. The third-order valence-corrected chi connectivity index (χ3v) is 16.0. The van der Waals surface area contributed by atoms with Crippen LogP contribution in [0.1, 0.15) is 384 Å². The second-order valence-corrected chi connectivity index (χ2v) is 30.3. The molecule has 0 heterocycles. The lowest BCUT2D eigenvalue weighted by Gasteiger charge is -2.47. The number of hydrogen-bond donors (Lipinski definition) is 0. The fraction of sp³-hybridized carbons (Fsp3) is 1.00. The predicted octanol–water partition coefficient (Wildman–Crippen LogP) is 27.9. The lowest BCUT2D eigenvalue weighted by Crippen LogP contribution is -2.34. The Bertz CT molecular complexity index is 1540. The Hall–Kier alpha value is -0.420. The number of halogens is 6. The van der Waals surface area contributed by atoms with E-state index in [0.717, 1.165) is 48.3 Å². The molecule has 77 heavy (non-hydrogen) atoms. The topological polar surface area (TPSA) is 0 Å². The number of hydrogen-bond acceptors (Lipinski definition) is 0. The van der Waals surface area contributed by atoms with Crippen LogP contribution in [0.25, 0.3) is 0 Å². The fourth-order valence-corrected chi connectivity index (χ4v) is 9.54. The second kappa shape index (κ2) is 42.4. The molecule has 0 aromatic heterocycles. The largest absolute Gasteiger partial charge is 0.389 e. The Morgan fingerprint density at radius 2 is 0.714 bits per heavy atom. The van der Waals surface area contributed by atoms with Gasteiger partial charge in [-0.15, -0.1) is 0 Å². The van der Waals surface area contributed by atoms with Crippen molar-refractivity contribution in [2.75, 3.05) is 0 Å². The molecule has 6 saturated carbocycles. The van der Waals surface area contributed by atoms with Gasteiger partial charge in [0.15, 0.2) is 0 Å². The van der Waals surface area contributed by atoms with Crippen LogP contribution in [0, 0.1) is 73.9 Å². The van der Waals surface area contributed by atoms with Crippen LogP contribution in [0.2, 0.25) is 0 Å². The number of alkyl halides is 6. The van der Waals surface area contributed by atoms with Crippen LogP contribution in [-0.4, -0.2) is 12.4 Å². The molecular weight excluding hydrogens is 967 g/mol. The Balaban J connectivity index is -0.000000440. The molecular formula is C71H144F6. The van der Waals surface area contributed by atoms with E-state index in [9.17, 15) is 26.3 Å². The van der Waals surface area contributed by atoms with Crippen LogP contribution in [0.3, 0.4) is 0 Å². The molecule has 0 saturated heterocycles. The van der Waals surface area contributed by atoms with E-state index in [-0.39, 0.29) is 35.0 Å². The van der Waals surface area contributed by atoms with Gasteiger partial charge in [-0.25, -0.2) is 0 Å². The summed E-state index contributed by atoms with van der Waals surface area (Å²) in [5.41, 5.74) is 2.00. The predicted molar refractivity (Wildman–Crippen MR) is 336 cm³/mol. The molecule has 0 aliphatic heterocycles. The van der Waals surface area contributed by atoms with Crippen molar-refractivity contribution in [2.24, 2.45) is 73.9 Å². The molecule has 0 amide bonds. The van der Waals surface area contributed by atoms with Gasteiger partial charge in [-0.2, -0.15) is 26.3 Å². The molecule has 0 aromatic carbocycles. The molecule has 2 atom stereocenters. The van der Waals surface area contributed by atoms with Crippen molar-refractivity contribution >= 4 is 0 Å². The van der Waals surface area contributed by atoms with E-state index >= 15 is 0 Å². The molecule has 6 aliphatic rings. The van der Waals surface area contributed by atoms with Crippen molar-refractivity contribution in [1.29, 1.82) is 0 Å². The first-order valence-corrected chi connectivity index (χ1v) is 31.7. The van der Waals surface area contributed by atoms with Gasteiger partial charge in [0, 0.05) is 25.2 Å². The highest BCUT2D eigenvalue weighted by Gasteiger charge is 2.40. The van der Waals surface area contributed by atoms with Gasteiger partial charge in [0.2, 0.25) is 0 Å². The molecule has 6 fully saturated rings.